The molecule has 0 aliphatic rings. The Labute approximate surface area is 130 Å². The molecule has 2 nitrogen and oxygen atoms in total. The summed E-state index contributed by atoms with van der Waals surface area (Å²) in [5, 5.41) is 3.52. The molecule has 0 bridgehead atoms. The lowest BCUT2D eigenvalue weighted by Gasteiger charge is -2.17. The van der Waals surface area contributed by atoms with E-state index < -0.39 is 0 Å². The smallest absolute Gasteiger partial charge is 0.0208 e. The highest BCUT2D eigenvalue weighted by molar-refractivity contribution is 5.85. The zero-order chi connectivity index (χ0) is 12.5. The van der Waals surface area contributed by atoms with Crippen LogP contribution in [-0.4, -0.2) is 31.1 Å². The maximum atomic E-state index is 3.52. The van der Waals surface area contributed by atoms with Crippen LogP contribution in [0, 0.1) is 6.92 Å². The van der Waals surface area contributed by atoms with Crippen molar-refractivity contribution in [2.24, 2.45) is 0 Å². The number of aryl methyl sites for hydroxylation is 1. The second-order valence-electron chi connectivity index (χ2n) is 4.48. The van der Waals surface area contributed by atoms with Crippen LogP contribution in [0.1, 0.15) is 31.4 Å². The molecule has 1 rings (SSSR count). The van der Waals surface area contributed by atoms with E-state index in [4.69, 9.17) is 0 Å². The summed E-state index contributed by atoms with van der Waals surface area (Å²) in [6, 6.07) is 8.58. The maximum absolute atomic E-state index is 3.52. The molecule has 0 atom stereocenters. The summed E-state index contributed by atoms with van der Waals surface area (Å²) in [6.45, 7) is 12.2. The third kappa shape index (κ3) is 8.48. The molecule has 19 heavy (non-hydrogen) atoms. The highest BCUT2D eigenvalue weighted by Gasteiger charge is 1.99. The third-order valence-electron chi connectivity index (χ3n) is 3.30. The predicted molar refractivity (Wildman–Crippen MR) is 89.8 cm³/mol. The molecular weight excluding hydrogens is 279 g/mol. The largest absolute Gasteiger partial charge is 0.313 e. The van der Waals surface area contributed by atoms with Gasteiger partial charge in [-0.25, -0.2) is 0 Å². The Balaban J connectivity index is 0. The van der Waals surface area contributed by atoms with Crippen molar-refractivity contribution in [3.05, 3.63) is 35.4 Å². The van der Waals surface area contributed by atoms with E-state index >= 15 is 0 Å². The molecule has 0 aromatic heterocycles. The fraction of sp³-hybridized carbons (Fsp3) is 0.600. The first-order chi connectivity index (χ1) is 8.27. The minimum Gasteiger partial charge on any atom is -0.313 e. The second-order valence-corrected chi connectivity index (χ2v) is 4.48. The zero-order valence-corrected chi connectivity index (χ0v) is 13.9. The van der Waals surface area contributed by atoms with E-state index in [0.29, 0.717) is 0 Å². The molecular formula is C15H28Cl2N2. The van der Waals surface area contributed by atoms with Crippen molar-refractivity contribution in [2.45, 2.75) is 33.7 Å². The molecule has 1 aromatic carbocycles. The number of nitrogens with zero attached hydrogens (tertiary/aromatic N) is 1. The van der Waals surface area contributed by atoms with E-state index in [9.17, 15) is 0 Å². The highest BCUT2D eigenvalue weighted by Crippen LogP contribution is 2.05. The van der Waals surface area contributed by atoms with E-state index in [2.05, 4.69) is 55.3 Å². The van der Waals surface area contributed by atoms with Crippen molar-refractivity contribution < 1.29 is 0 Å². The molecule has 0 aliphatic heterocycles. The van der Waals surface area contributed by atoms with Gasteiger partial charge < -0.3 is 10.2 Å². The summed E-state index contributed by atoms with van der Waals surface area (Å²) in [4.78, 5) is 2.47. The lowest BCUT2D eigenvalue weighted by Crippen LogP contribution is -2.27. The van der Waals surface area contributed by atoms with E-state index in [-0.39, 0.29) is 24.8 Å². The summed E-state index contributed by atoms with van der Waals surface area (Å²) >= 11 is 0. The molecule has 0 aliphatic carbocycles. The van der Waals surface area contributed by atoms with Crippen molar-refractivity contribution in [3.63, 3.8) is 0 Å². The first-order valence-electron chi connectivity index (χ1n) is 6.75. The zero-order valence-electron chi connectivity index (χ0n) is 12.3. The number of halogens is 2. The van der Waals surface area contributed by atoms with Gasteiger partial charge in [0.25, 0.3) is 0 Å². The Morgan fingerprint density at radius 3 is 2.26 bits per heavy atom. The molecule has 0 radical (unpaired) electrons. The molecule has 0 unspecified atom stereocenters. The number of benzene rings is 1. The predicted octanol–water partition coefficient (Wildman–Crippen LogP) is 3.66. The monoisotopic (exact) mass is 306 g/mol. The average Bonchev–Trinajstić information content (AvgIpc) is 2.36. The van der Waals surface area contributed by atoms with Crippen LogP contribution in [0.3, 0.4) is 0 Å². The van der Waals surface area contributed by atoms with E-state index in [1.54, 1.807) is 0 Å². The third-order valence-corrected chi connectivity index (χ3v) is 3.30. The maximum Gasteiger partial charge on any atom is 0.0208 e. The molecule has 0 fully saturated rings. The Morgan fingerprint density at radius 2 is 1.68 bits per heavy atom. The fourth-order valence-corrected chi connectivity index (χ4v) is 2.00. The van der Waals surface area contributed by atoms with Crippen molar-refractivity contribution in [3.8, 4) is 0 Å². The van der Waals surface area contributed by atoms with Crippen molar-refractivity contribution in [1.29, 1.82) is 0 Å². The van der Waals surface area contributed by atoms with Gasteiger partial charge in [-0.1, -0.05) is 38.1 Å². The minimum absolute atomic E-state index is 0. The van der Waals surface area contributed by atoms with Gasteiger partial charge in [-0.2, -0.15) is 0 Å². The van der Waals surface area contributed by atoms with Gasteiger partial charge in [-0.15, -0.1) is 24.8 Å². The molecule has 112 valence electrons. The van der Waals surface area contributed by atoms with Crippen LogP contribution in [0.2, 0.25) is 0 Å². The van der Waals surface area contributed by atoms with E-state index in [0.717, 1.165) is 26.2 Å². The Bertz CT molecular complexity index is 315. The first kappa shape index (κ1) is 21.0. The Morgan fingerprint density at radius 1 is 1.05 bits per heavy atom. The fourth-order valence-electron chi connectivity index (χ4n) is 2.00. The molecule has 1 aromatic rings. The molecule has 0 saturated carbocycles. The van der Waals surface area contributed by atoms with Gasteiger partial charge in [-0.05, 0) is 50.7 Å². The summed E-state index contributed by atoms with van der Waals surface area (Å²) in [5.41, 5.74) is 2.79. The Hall–Kier alpha value is -0.280. The number of hydrogen-bond donors (Lipinski definition) is 1. The summed E-state index contributed by atoms with van der Waals surface area (Å²) in [5.74, 6) is 0. The lowest BCUT2D eigenvalue weighted by molar-refractivity contribution is 0.298. The van der Waals surface area contributed by atoms with Gasteiger partial charge in [0.1, 0.15) is 0 Å². The van der Waals surface area contributed by atoms with Crippen LogP contribution >= 0.6 is 24.8 Å². The highest BCUT2D eigenvalue weighted by atomic mass is 35.5. The van der Waals surface area contributed by atoms with Crippen LogP contribution < -0.4 is 5.32 Å². The van der Waals surface area contributed by atoms with Crippen LogP contribution in [0.15, 0.2) is 24.3 Å². The average molecular weight is 307 g/mol. The van der Waals surface area contributed by atoms with Crippen molar-refractivity contribution >= 4 is 24.8 Å². The number of rotatable bonds is 8. The number of nitrogens with one attached hydrogen (secondary N) is 1. The van der Waals surface area contributed by atoms with Gasteiger partial charge in [0, 0.05) is 6.54 Å². The van der Waals surface area contributed by atoms with Crippen LogP contribution in [0.25, 0.3) is 0 Å². The van der Waals surface area contributed by atoms with Crippen molar-refractivity contribution in [1.82, 2.24) is 10.2 Å². The molecule has 1 N–H and O–H groups in total. The van der Waals surface area contributed by atoms with Gasteiger partial charge in [0.2, 0.25) is 0 Å². The first-order valence-corrected chi connectivity index (χ1v) is 6.75. The van der Waals surface area contributed by atoms with Crippen LogP contribution in [0.5, 0.6) is 0 Å². The van der Waals surface area contributed by atoms with Crippen LogP contribution in [0.4, 0.5) is 0 Å². The summed E-state index contributed by atoms with van der Waals surface area (Å²) in [7, 11) is 0. The van der Waals surface area contributed by atoms with Gasteiger partial charge in [0.15, 0.2) is 0 Å². The summed E-state index contributed by atoms with van der Waals surface area (Å²) in [6.07, 6.45) is 1.23. The molecule has 0 amide bonds. The normalized spacial score (nSPS) is 9.89. The lowest BCUT2D eigenvalue weighted by atomic mass is 10.1. The SMILES string of the molecule is CCN(CC)CCCNCc1ccccc1C.Cl.Cl. The van der Waals surface area contributed by atoms with Gasteiger partial charge >= 0.3 is 0 Å². The van der Waals surface area contributed by atoms with E-state index in [1.807, 2.05) is 0 Å². The standard InChI is InChI=1S/C15H26N2.2ClH/c1-4-17(5-2)12-8-11-16-13-15-10-7-6-9-14(15)3;;/h6-7,9-10,16H,4-5,8,11-13H2,1-3H3;2*1H. The van der Waals surface area contributed by atoms with Crippen LogP contribution in [-0.2, 0) is 6.54 Å². The molecule has 0 spiro atoms. The van der Waals surface area contributed by atoms with Gasteiger partial charge in [-0.3, -0.25) is 0 Å². The van der Waals surface area contributed by atoms with E-state index in [1.165, 1.54) is 24.1 Å². The van der Waals surface area contributed by atoms with Gasteiger partial charge in [0.05, 0.1) is 0 Å². The molecule has 4 heteroatoms. The quantitative estimate of drug-likeness (QED) is 0.737. The topological polar surface area (TPSA) is 15.3 Å². The Kier molecular flexibility index (Phi) is 14.1. The molecule has 0 saturated heterocycles. The van der Waals surface area contributed by atoms with Crippen molar-refractivity contribution in [2.75, 3.05) is 26.2 Å². The summed E-state index contributed by atoms with van der Waals surface area (Å²) < 4.78 is 0. The molecule has 0 heterocycles. The number of hydrogen-bond acceptors (Lipinski definition) is 2. The second kappa shape index (κ2) is 12.7. The minimum atomic E-state index is 0.